The van der Waals surface area contributed by atoms with Crippen molar-refractivity contribution in [2.24, 2.45) is 0 Å². The van der Waals surface area contributed by atoms with Gasteiger partial charge < -0.3 is 15.4 Å². The fourth-order valence-electron chi connectivity index (χ4n) is 3.03. The Hall–Kier alpha value is -4.27. The van der Waals surface area contributed by atoms with Gasteiger partial charge in [0.25, 0.3) is 17.6 Å². The molecule has 0 radical (unpaired) electrons. The van der Waals surface area contributed by atoms with E-state index in [2.05, 4.69) is 25.7 Å². The Morgan fingerprint density at radius 2 is 1.48 bits per heavy atom. The van der Waals surface area contributed by atoms with Gasteiger partial charge in [-0.1, -0.05) is 0 Å². The quantitative estimate of drug-likeness (QED) is 0.517. The molecule has 0 unspecified atom stereocenters. The van der Waals surface area contributed by atoms with Crippen LogP contribution < -0.4 is 15.4 Å². The summed E-state index contributed by atoms with van der Waals surface area (Å²) in [7, 11) is 1.58. The Morgan fingerprint density at radius 3 is 2.13 bits per heavy atom. The number of nitrogens with one attached hydrogen (secondary N) is 2. The summed E-state index contributed by atoms with van der Waals surface area (Å²) in [6, 6.07) is 15.4. The molecular formula is C22H20N6O3. The first-order chi connectivity index (χ1) is 14.9. The normalized spacial score (nSPS) is 10.7. The molecule has 0 aliphatic carbocycles. The van der Waals surface area contributed by atoms with E-state index < -0.39 is 5.91 Å². The van der Waals surface area contributed by atoms with Crippen LogP contribution in [0.1, 0.15) is 32.4 Å². The molecule has 0 saturated heterocycles. The first kappa shape index (κ1) is 20.0. The van der Waals surface area contributed by atoms with Crippen LogP contribution in [-0.4, -0.2) is 38.5 Å². The van der Waals surface area contributed by atoms with Gasteiger partial charge in [0.2, 0.25) is 5.82 Å². The number of hydrogen-bond acceptors (Lipinski definition) is 6. The van der Waals surface area contributed by atoms with Gasteiger partial charge in [0.05, 0.1) is 7.11 Å². The van der Waals surface area contributed by atoms with Gasteiger partial charge >= 0.3 is 0 Å². The molecule has 4 aromatic rings. The highest BCUT2D eigenvalue weighted by atomic mass is 16.5. The Balaban J connectivity index is 1.43. The van der Waals surface area contributed by atoms with Crippen LogP contribution in [0.25, 0.3) is 5.78 Å². The van der Waals surface area contributed by atoms with Crippen molar-refractivity contribution in [3.63, 3.8) is 0 Å². The van der Waals surface area contributed by atoms with Crippen molar-refractivity contribution in [2.75, 3.05) is 17.7 Å². The molecule has 0 saturated carbocycles. The summed E-state index contributed by atoms with van der Waals surface area (Å²) in [6.45, 7) is 3.72. The lowest BCUT2D eigenvalue weighted by Crippen LogP contribution is -2.15. The third-order valence-corrected chi connectivity index (χ3v) is 4.57. The van der Waals surface area contributed by atoms with Crippen LogP contribution in [0.4, 0.5) is 11.4 Å². The second-order valence-corrected chi connectivity index (χ2v) is 6.90. The molecule has 0 aliphatic heterocycles. The van der Waals surface area contributed by atoms with E-state index in [1.54, 1.807) is 55.6 Å². The van der Waals surface area contributed by atoms with Gasteiger partial charge in [-0.2, -0.15) is 4.98 Å². The fourth-order valence-corrected chi connectivity index (χ4v) is 3.03. The second kappa shape index (κ2) is 8.23. The first-order valence-electron chi connectivity index (χ1n) is 9.51. The minimum atomic E-state index is -0.460. The molecule has 156 valence electrons. The van der Waals surface area contributed by atoms with Crippen molar-refractivity contribution in [1.82, 2.24) is 19.6 Å². The average Bonchev–Trinajstić information content (AvgIpc) is 3.19. The van der Waals surface area contributed by atoms with Gasteiger partial charge in [0.15, 0.2) is 0 Å². The van der Waals surface area contributed by atoms with E-state index in [1.165, 1.54) is 4.52 Å². The number of aromatic nitrogens is 4. The van der Waals surface area contributed by atoms with Crippen LogP contribution in [0.3, 0.4) is 0 Å². The Morgan fingerprint density at radius 1 is 0.871 bits per heavy atom. The van der Waals surface area contributed by atoms with E-state index in [9.17, 15) is 9.59 Å². The molecule has 2 N–H and O–H groups in total. The Kier molecular flexibility index (Phi) is 5.31. The fraction of sp³-hybridized carbons (Fsp3) is 0.136. The summed E-state index contributed by atoms with van der Waals surface area (Å²) in [5.74, 6) is 0.370. The highest BCUT2D eigenvalue weighted by Gasteiger charge is 2.15. The maximum absolute atomic E-state index is 12.5. The third-order valence-electron chi connectivity index (χ3n) is 4.57. The highest BCUT2D eigenvalue weighted by Crippen LogP contribution is 2.17. The minimum Gasteiger partial charge on any atom is -0.497 e. The maximum Gasteiger partial charge on any atom is 0.295 e. The number of nitrogens with zero attached hydrogens (tertiary/aromatic N) is 4. The number of ether oxygens (including phenoxy) is 1. The van der Waals surface area contributed by atoms with Crippen LogP contribution in [0, 0.1) is 13.8 Å². The van der Waals surface area contributed by atoms with Crippen LogP contribution in [-0.2, 0) is 0 Å². The standard InChI is InChI=1S/C22H20N6O3/c1-13-12-14(2)28-22(23-13)26-19(27-28)21(30)25-16-6-4-15(5-7-16)20(29)24-17-8-10-18(31-3)11-9-17/h4-12H,1-3H3,(H,24,29)(H,25,30). The molecule has 9 heteroatoms. The summed E-state index contributed by atoms with van der Waals surface area (Å²) < 4.78 is 6.63. The summed E-state index contributed by atoms with van der Waals surface area (Å²) >= 11 is 0. The molecular weight excluding hydrogens is 396 g/mol. The van der Waals surface area contributed by atoms with Gasteiger partial charge in [0, 0.05) is 28.3 Å². The van der Waals surface area contributed by atoms with Crippen LogP contribution in [0.15, 0.2) is 54.6 Å². The molecule has 31 heavy (non-hydrogen) atoms. The lowest BCUT2D eigenvalue weighted by molar-refractivity contribution is 0.101. The third kappa shape index (κ3) is 4.35. The highest BCUT2D eigenvalue weighted by molar-refractivity contribution is 6.05. The minimum absolute atomic E-state index is 0.0162. The SMILES string of the molecule is COc1ccc(NC(=O)c2ccc(NC(=O)c3nc4nc(C)cc(C)n4n3)cc2)cc1. The van der Waals surface area contributed by atoms with Crippen molar-refractivity contribution in [3.05, 3.63) is 77.4 Å². The van der Waals surface area contributed by atoms with Crippen molar-refractivity contribution in [3.8, 4) is 5.75 Å². The number of methoxy groups -OCH3 is 1. The summed E-state index contributed by atoms with van der Waals surface area (Å²) in [5.41, 5.74) is 3.26. The number of amides is 2. The number of aryl methyl sites for hydroxylation is 2. The van der Waals surface area contributed by atoms with E-state index >= 15 is 0 Å². The molecule has 2 aromatic carbocycles. The molecule has 0 atom stereocenters. The van der Waals surface area contributed by atoms with Gasteiger partial charge in [0.1, 0.15) is 5.75 Å². The topological polar surface area (TPSA) is 111 Å². The number of anilines is 2. The molecule has 0 fully saturated rings. The lowest BCUT2D eigenvalue weighted by Gasteiger charge is -2.07. The monoisotopic (exact) mass is 416 g/mol. The van der Waals surface area contributed by atoms with Gasteiger partial charge in [-0.05, 0) is 68.4 Å². The predicted octanol–water partition coefficient (Wildman–Crippen LogP) is 3.25. The smallest absolute Gasteiger partial charge is 0.295 e. The van der Waals surface area contributed by atoms with E-state index in [-0.39, 0.29) is 11.7 Å². The number of hydrogen-bond donors (Lipinski definition) is 2. The molecule has 0 bridgehead atoms. The second-order valence-electron chi connectivity index (χ2n) is 6.90. The molecule has 2 amide bonds. The zero-order valence-electron chi connectivity index (χ0n) is 17.2. The van der Waals surface area contributed by atoms with Gasteiger partial charge in [-0.25, -0.2) is 9.50 Å². The molecule has 0 aliphatic rings. The average molecular weight is 416 g/mol. The lowest BCUT2D eigenvalue weighted by atomic mass is 10.2. The molecule has 4 rings (SSSR count). The summed E-state index contributed by atoms with van der Waals surface area (Å²) in [4.78, 5) is 33.4. The largest absolute Gasteiger partial charge is 0.497 e. The van der Waals surface area contributed by atoms with E-state index in [0.717, 1.165) is 11.4 Å². The molecule has 2 heterocycles. The molecule has 9 nitrogen and oxygen atoms in total. The zero-order valence-corrected chi connectivity index (χ0v) is 17.2. The van der Waals surface area contributed by atoms with Gasteiger partial charge in [-0.3, -0.25) is 9.59 Å². The molecule has 0 spiro atoms. The van der Waals surface area contributed by atoms with Crippen LogP contribution in [0.5, 0.6) is 5.75 Å². The van der Waals surface area contributed by atoms with Crippen molar-refractivity contribution >= 4 is 29.0 Å². The number of carbonyl (C=O) groups excluding carboxylic acids is 2. The zero-order chi connectivity index (χ0) is 22.0. The Labute approximate surface area is 178 Å². The van der Waals surface area contributed by atoms with Crippen molar-refractivity contribution < 1.29 is 14.3 Å². The van der Waals surface area contributed by atoms with E-state index in [0.29, 0.717) is 28.5 Å². The van der Waals surface area contributed by atoms with E-state index in [1.807, 2.05) is 19.9 Å². The van der Waals surface area contributed by atoms with Gasteiger partial charge in [-0.15, -0.1) is 5.10 Å². The van der Waals surface area contributed by atoms with Crippen molar-refractivity contribution in [2.45, 2.75) is 13.8 Å². The van der Waals surface area contributed by atoms with Crippen LogP contribution >= 0.6 is 0 Å². The van der Waals surface area contributed by atoms with E-state index in [4.69, 9.17) is 4.74 Å². The first-order valence-corrected chi connectivity index (χ1v) is 9.51. The number of benzene rings is 2. The number of carbonyl (C=O) groups is 2. The maximum atomic E-state index is 12.5. The number of rotatable bonds is 5. The number of fused-ring (bicyclic) bond motifs is 1. The summed E-state index contributed by atoms with van der Waals surface area (Å²) in [6.07, 6.45) is 0. The van der Waals surface area contributed by atoms with Crippen molar-refractivity contribution in [1.29, 1.82) is 0 Å². The Bertz CT molecular complexity index is 1260. The molecule has 2 aromatic heterocycles. The summed E-state index contributed by atoms with van der Waals surface area (Å²) in [5, 5.41) is 9.75. The predicted molar refractivity (Wildman–Crippen MR) is 116 cm³/mol. The van der Waals surface area contributed by atoms with Crippen LogP contribution in [0.2, 0.25) is 0 Å².